The van der Waals surface area contributed by atoms with Gasteiger partial charge in [-0.2, -0.15) is 8.78 Å². The van der Waals surface area contributed by atoms with Crippen molar-refractivity contribution < 1.29 is 18.3 Å². The molecule has 0 aromatic heterocycles. The highest BCUT2D eigenvalue weighted by molar-refractivity contribution is 5.76. The van der Waals surface area contributed by atoms with Crippen molar-refractivity contribution >= 4 is 5.91 Å². The van der Waals surface area contributed by atoms with Gasteiger partial charge >= 0.3 is 6.61 Å². The molecule has 0 aliphatic carbocycles. The van der Waals surface area contributed by atoms with Gasteiger partial charge in [-0.05, 0) is 56.0 Å². The normalized spacial score (nSPS) is 15.8. The Kier molecular flexibility index (Phi) is 7.43. The maximum atomic E-state index is 12.3. The Balaban J connectivity index is 1.71. The van der Waals surface area contributed by atoms with E-state index in [0.29, 0.717) is 18.8 Å². The number of carbonyl (C=O) groups is 1. The molecule has 1 fully saturated rings. The van der Waals surface area contributed by atoms with Gasteiger partial charge in [-0.3, -0.25) is 4.79 Å². The minimum atomic E-state index is -2.81. The molecule has 1 aliphatic rings. The third kappa shape index (κ3) is 6.07. The Bertz CT molecular complexity index is 500. The second-order valence-electron chi connectivity index (χ2n) is 6.15. The van der Waals surface area contributed by atoms with Crippen molar-refractivity contribution in [3.63, 3.8) is 0 Å². The molecule has 1 aromatic rings. The van der Waals surface area contributed by atoms with Crippen LogP contribution in [0.2, 0.25) is 0 Å². The first kappa shape index (κ1) is 18.6. The van der Waals surface area contributed by atoms with E-state index in [-0.39, 0.29) is 11.7 Å². The third-order valence-electron chi connectivity index (χ3n) is 4.43. The summed E-state index contributed by atoms with van der Waals surface area (Å²) in [5.41, 5.74) is 0.951. The number of rotatable bonds is 8. The molecule has 1 saturated heterocycles. The molecule has 1 N–H and O–H groups in total. The van der Waals surface area contributed by atoms with E-state index in [1.54, 1.807) is 12.1 Å². The third-order valence-corrected chi connectivity index (χ3v) is 4.43. The van der Waals surface area contributed by atoms with E-state index >= 15 is 0 Å². The predicted octanol–water partition coefficient (Wildman–Crippen LogP) is 3.07. The van der Waals surface area contributed by atoms with Gasteiger partial charge in [0.2, 0.25) is 5.91 Å². The van der Waals surface area contributed by atoms with E-state index in [2.05, 4.69) is 17.0 Å². The predicted molar refractivity (Wildman–Crippen MR) is 89.2 cm³/mol. The van der Waals surface area contributed by atoms with Gasteiger partial charge in [0.05, 0.1) is 0 Å². The molecule has 0 saturated carbocycles. The number of hydrogen-bond donors (Lipinski definition) is 1. The van der Waals surface area contributed by atoms with Gasteiger partial charge in [-0.25, -0.2) is 0 Å². The zero-order chi connectivity index (χ0) is 17.4. The smallest absolute Gasteiger partial charge is 0.387 e. The SMILES string of the molecule is CCNCC1CCN(C(=O)CCc2ccc(OC(F)F)cc2)CC1. The van der Waals surface area contributed by atoms with Crippen molar-refractivity contribution in [1.82, 2.24) is 10.2 Å². The molecule has 4 nitrogen and oxygen atoms in total. The van der Waals surface area contributed by atoms with Gasteiger partial charge in [-0.15, -0.1) is 0 Å². The van der Waals surface area contributed by atoms with Crippen molar-refractivity contribution in [2.24, 2.45) is 5.92 Å². The molecular formula is C18H26F2N2O2. The van der Waals surface area contributed by atoms with E-state index in [1.165, 1.54) is 12.1 Å². The number of hydrogen-bond acceptors (Lipinski definition) is 3. The fourth-order valence-electron chi connectivity index (χ4n) is 2.98. The van der Waals surface area contributed by atoms with Crippen LogP contribution < -0.4 is 10.1 Å². The second-order valence-corrected chi connectivity index (χ2v) is 6.15. The maximum absolute atomic E-state index is 12.3. The van der Waals surface area contributed by atoms with Crippen molar-refractivity contribution in [2.75, 3.05) is 26.2 Å². The van der Waals surface area contributed by atoms with Crippen LogP contribution in [0.4, 0.5) is 8.78 Å². The first-order valence-corrected chi connectivity index (χ1v) is 8.60. The van der Waals surface area contributed by atoms with Crippen LogP contribution in [-0.4, -0.2) is 43.6 Å². The Hall–Kier alpha value is -1.69. The average Bonchev–Trinajstić information content (AvgIpc) is 2.59. The molecule has 1 aliphatic heterocycles. The Morgan fingerprint density at radius 2 is 1.96 bits per heavy atom. The van der Waals surface area contributed by atoms with Crippen molar-refractivity contribution in [1.29, 1.82) is 0 Å². The molecule has 1 aromatic carbocycles. The summed E-state index contributed by atoms with van der Waals surface area (Å²) < 4.78 is 28.5. The summed E-state index contributed by atoms with van der Waals surface area (Å²) in [7, 11) is 0. The van der Waals surface area contributed by atoms with Crippen molar-refractivity contribution in [3.05, 3.63) is 29.8 Å². The standard InChI is InChI=1S/C18H26F2N2O2/c1-2-21-13-15-9-11-22(12-10-15)17(23)8-5-14-3-6-16(7-4-14)24-18(19)20/h3-4,6-7,15,18,21H,2,5,8-13H2,1H3. The highest BCUT2D eigenvalue weighted by atomic mass is 19.3. The van der Waals surface area contributed by atoms with Gasteiger partial charge in [0, 0.05) is 19.5 Å². The molecule has 2 rings (SSSR count). The largest absolute Gasteiger partial charge is 0.435 e. The minimum Gasteiger partial charge on any atom is -0.435 e. The van der Waals surface area contributed by atoms with Gasteiger partial charge in [0.1, 0.15) is 5.75 Å². The summed E-state index contributed by atoms with van der Waals surface area (Å²) >= 11 is 0. The number of halogens is 2. The van der Waals surface area contributed by atoms with Gasteiger partial charge in [-0.1, -0.05) is 19.1 Å². The molecule has 6 heteroatoms. The van der Waals surface area contributed by atoms with Crippen LogP contribution >= 0.6 is 0 Å². The summed E-state index contributed by atoms with van der Waals surface area (Å²) in [5.74, 6) is 0.976. The van der Waals surface area contributed by atoms with Crippen LogP contribution in [0.3, 0.4) is 0 Å². The summed E-state index contributed by atoms with van der Waals surface area (Å²) in [6, 6.07) is 6.48. The van der Waals surface area contributed by atoms with Gasteiger partial charge < -0.3 is 15.0 Å². The number of nitrogens with zero attached hydrogens (tertiary/aromatic N) is 1. The molecule has 0 bridgehead atoms. The highest BCUT2D eigenvalue weighted by Gasteiger charge is 2.22. The zero-order valence-electron chi connectivity index (χ0n) is 14.1. The van der Waals surface area contributed by atoms with Crippen LogP contribution in [0.5, 0.6) is 5.75 Å². The first-order valence-electron chi connectivity index (χ1n) is 8.60. The van der Waals surface area contributed by atoms with E-state index in [4.69, 9.17) is 0 Å². The summed E-state index contributed by atoms with van der Waals surface area (Å²) in [5, 5.41) is 3.36. The van der Waals surface area contributed by atoms with E-state index in [1.807, 2.05) is 4.90 Å². The topological polar surface area (TPSA) is 41.6 Å². The number of likely N-dealkylation sites (tertiary alicyclic amines) is 1. The molecule has 0 atom stereocenters. The lowest BCUT2D eigenvalue weighted by Gasteiger charge is -2.32. The summed E-state index contributed by atoms with van der Waals surface area (Å²) in [4.78, 5) is 14.2. The van der Waals surface area contributed by atoms with Crippen molar-refractivity contribution in [2.45, 2.75) is 39.2 Å². The van der Waals surface area contributed by atoms with Gasteiger partial charge in [0.25, 0.3) is 0 Å². The van der Waals surface area contributed by atoms with E-state index in [0.717, 1.165) is 44.6 Å². The van der Waals surface area contributed by atoms with Crippen LogP contribution in [0.15, 0.2) is 24.3 Å². The number of aryl methyl sites for hydroxylation is 1. The van der Waals surface area contributed by atoms with E-state index in [9.17, 15) is 13.6 Å². The fourth-order valence-corrected chi connectivity index (χ4v) is 2.98. The number of carbonyl (C=O) groups excluding carboxylic acids is 1. The molecule has 0 unspecified atom stereocenters. The lowest BCUT2D eigenvalue weighted by molar-refractivity contribution is -0.132. The fraction of sp³-hybridized carbons (Fsp3) is 0.611. The quantitative estimate of drug-likeness (QED) is 0.791. The zero-order valence-corrected chi connectivity index (χ0v) is 14.1. The molecule has 1 heterocycles. The highest BCUT2D eigenvalue weighted by Crippen LogP contribution is 2.19. The van der Waals surface area contributed by atoms with Crippen LogP contribution in [0.25, 0.3) is 0 Å². The number of piperidine rings is 1. The van der Waals surface area contributed by atoms with Crippen LogP contribution in [0.1, 0.15) is 31.7 Å². The lowest BCUT2D eigenvalue weighted by Crippen LogP contribution is -2.40. The van der Waals surface area contributed by atoms with Crippen molar-refractivity contribution in [3.8, 4) is 5.75 Å². The maximum Gasteiger partial charge on any atom is 0.387 e. The minimum absolute atomic E-state index is 0.142. The van der Waals surface area contributed by atoms with Crippen LogP contribution in [-0.2, 0) is 11.2 Å². The Morgan fingerprint density at radius 1 is 1.29 bits per heavy atom. The monoisotopic (exact) mass is 340 g/mol. The van der Waals surface area contributed by atoms with Gasteiger partial charge in [0.15, 0.2) is 0 Å². The molecule has 134 valence electrons. The Morgan fingerprint density at radius 3 is 2.54 bits per heavy atom. The lowest BCUT2D eigenvalue weighted by atomic mass is 9.96. The number of ether oxygens (including phenoxy) is 1. The number of benzene rings is 1. The molecule has 0 spiro atoms. The molecule has 1 amide bonds. The summed E-state index contributed by atoms with van der Waals surface area (Å²) in [6.07, 6.45) is 3.18. The molecule has 24 heavy (non-hydrogen) atoms. The first-order chi connectivity index (χ1) is 11.6. The number of nitrogens with one attached hydrogen (secondary N) is 1. The second kappa shape index (κ2) is 9.57. The Labute approximate surface area is 142 Å². The number of amides is 1. The average molecular weight is 340 g/mol. The summed E-state index contributed by atoms with van der Waals surface area (Å²) in [6.45, 7) is 2.97. The van der Waals surface area contributed by atoms with Crippen LogP contribution in [0, 0.1) is 5.92 Å². The molecular weight excluding hydrogens is 314 g/mol. The van der Waals surface area contributed by atoms with E-state index < -0.39 is 6.61 Å². The molecule has 0 radical (unpaired) electrons. The number of alkyl halides is 2.